The molecule has 1 fully saturated rings. The van der Waals surface area contributed by atoms with Crippen molar-refractivity contribution in [2.45, 2.75) is 63.8 Å². The lowest BCUT2D eigenvalue weighted by Gasteiger charge is -2.39. The van der Waals surface area contributed by atoms with Crippen molar-refractivity contribution in [3.63, 3.8) is 0 Å². The number of carbonyl (C=O) groups is 2. The molecule has 9 nitrogen and oxygen atoms in total. The Hall–Kier alpha value is -3.60. The number of hydrogen-bond donors (Lipinski definition) is 4. The van der Waals surface area contributed by atoms with Crippen LogP contribution in [0.2, 0.25) is 0 Å². The van der Waals surface area contributed by atoms with Gasteiger partial charge in [-0.1, -0.05) is 66.7 Å². The summed E-state index contributed by atoms with van der Waals surface area (Å²) in [6.45, 7) is 2.86. The number of ether oxygens (including phenoxy) is 2. The van der Waals surface area contributed by atoms with Crippen molar-refractivity contribution in [2.75, 3.05) is 18.9 Å². The smallest absolute Gasteiger partial charge is 0.243 e. The van der Waals surface area contributed by atoms with Gasteiger partial charge in [-0.05, 0) is 49.2 Å². The van der Waals surface area contributed by atoms with E-state index in [1.807, 2.05) is 60.7 Å². The molecular formula is C32H39N3O6. The number of likely N-dealkylation sites (N-methyl/N-ethyl adjacent to an activating group) is 1. The number of hydrogen-bond acceptors (Lipinski definition) is 7. The number of anilines is 1. The quantitative estimate of drug-likeness (QED) is 0.181. The number of nitrogens with one attached hydrogen (secondary N) is 2. The second-order valence-corrected chi connectivity index (χ2v) is 10.4. The van der Waals surface area contributed by atoms with Gasteiger partial charge in [0, 0.05) is 43.1 Å². The van der Waals surface area contributed by atoms with E-state index in [1.165, 1.54) is 5.56 Å². The molecule has 0 saturated carbocycles. The highest BCUT2D eigenvalue weighted by molar-refractivity contribution is 5.91. The molecule has 3 aromatic carbocycles. The van der Waals surface area contributed by atoms with Crippen molar-refractivity contribution in [3.05, 3.63) is 101 Å². The molecular weight excluding hydrogens is 522 g/mol. The highest BCUT2D eigenvalue weighted by Gasteiger charge is 2.33. The summed E-state index contributed by atoms with van der Waals surface area (Å²) in [5, 5.41) is 21.0. The lowest BCUT2D eigenvalue weighted by atomic mass is 9.99. The van der Waals surface area contributed by atoms with Crippen LogP contribution in [0, 0.1) is 0 Å². The van der Waals surface area contributed by atoms with Crippen molar-refractivity contribution >= 4 is 17.5 Å². The number of aliphatic hydroxyl groups excluding tert-OH is 1. The lowest BCUT2D eigenvalue weighted by Crippen LogP contribution is -2.38. The topological polar surface area (TPSA) is 120 Å². The molecule has 0 radical (unpaired) electrons. The Kier molecular flexibility index (Phi) is 11.0. The van der Waals surface area contributed by atoms with Gasteiger partial charge < -0.3 is 19.9 Å². The average Bonchev–Trinajstić information content (AvgIpc) is 3.01. The van der Waals surface area contributed by atoms with Crippen LogP contribution in [0.3, 0.4) is 0 Å². The fourth-order valence-electron chi connectivity index (χ4n) is 4.95. The largest absolute Gasteiger partial charge is 0.392 e. The maximum atomic E-state index is 12.4. The molecule has 1 heterocycles. The van der Waals surface area contributed by atoms with E-state index in [0.29, 0.717) is 25.1 Å². The number of amides is 2. The monoisotopic (exact) mass is 561 g/mol. The molecule has 1 aliphatic heterocycles. The highest BCUT2D eigenvalue weighted by atomic mass is 16.7. The van der Waals surface area contributed by atoms with E-state index in [1.54, 1.807) is 11.5 Å². The first-order chi connectivity index (χ1) is 19.9. The van der Waals surface area contributed by atoms with Crippen LogP contribution in [0.5, 0.6) is 0 Å². The zero-order chi connectivity index (χ0) is 29.2. The predicted molar refractivity (Wildman–Crippen MR) is 155 cm³/mol. The number of carbonyl (C=O) groups excluding carboxylic acids is 2. The molecule has 3 aromatic rings. The zero-order valence-corrected chi connectivity index (χ0v) is 23.5. The summed E-state index contributed by atoms with van der Waals surface area (Å²) in [4.78, 5) is 25.9. The maximum absolute atomic E-state index is 12.4. The molecule has 4 N–H and O–H groups in total. The van der Waals surface area contributed by atoms with Crippen molar-refractivity contribution in [1.82, 2.24) is 10.4 Å². The molecule has 218 valence electrons. The van der Waals surface area contributed by atoms with Crippen molar-refractivity contribution < 1.29 is 29.4 Å². The van der Waals surface area contributed by atoms with Gasteiger partial charge in [0.05, 0.1) is 18.8 Å². The second-order valence-electron chi connectivity index (χ2n) is 10.4. The number of benzene rings is 3. The molecule has 4 rings (SSSR count). The molecule has 0 spiro atoms. The second kappa shape index (κ2) is 14.9. The first kappa shape index (κ1) is 30.4. The summed E-state index contributed by atoms with van der Waals surface area (Å²) < 4.78 is 13.0. The Labute approximate surface area is 241 Å². The SMILES string of the molecule is C[C@@H](c1ccccc1)N(C)C[C@H]1C[C@@H](c2ccc(CO)cc2)O[C@@H](c2cccc(NC(=O)CCCC(=O)NO)c2)O1. The summed E-state index contributed by atoms with van der Waals surface area (Å²) in [5.41, 5.74) is 6.03. The number of nitrogens with zero attached hydrogens (tertiary/aromatic N) is 1. The lowest BCUT2D eigenvalue weighted by molar-refractivity contribution is -0.253. The first-order valence-corrected chi connectivity index (χ1v) is 13.9. The third-order valence-corrected chi connectivity index (χ3v) is 7.42. The van der Waals surface area contributed by atoms with Crippen LogP contribution in [0.1, 0.15) is 73.3 Å². The molecule has 2 amide bonds. The molecule has 1 aliphatic rings. The van der Waals surface area contributed by atoms with E-state index < -0.39 is 12.2 Å². The van der Waals surface area contributed by atoms with Crippen LogP contribution >= 0.6 is 0 Å². The van der Waals surface area contributed by atoms with E-state index >= 15 is 0 Å². The fraction of sp³-hybridized carbons (Fsp3) is 0.375. The van der Waals surface area contributed by atoms with E-state index in [0.717, 1.165) is 16.7 Å². The number of aliphatic hydroxyl groups is 1. The van der Waals surface area contributed by atoms with Gasteiger partial charge in [0.2, 0.25) is 11.8 Å². The van der Waals surface area contributed by atoms with Crippen molar-refractivity contribution in [1.29, 1.82) is 0 Å². The minimum Gasteiger partial charge on any atom is -0.392 e. The molecule has 0 aromatic heterocycles. The molecule has 0 aliphatic carbocycles. The minimum atomic E-state index is -0.651. The van der Waals surface area contributed by atoms with Gasteiger partial charge in [-0.25, -0.2) is 5.48 Å². The van der Waals surface area contributed by atoms with Gasteiger partial charge in [-0.15, -0.1) is 0 Å². The Morgan fingerprint density at radius 1 is 0.951 bits per heavy atom. The standard InChI is InChI=1S/C32H39N3O6/c1-22(24-8-4-3-5-9-24)35(2)20-28-19-29(25-16-14-23(21-36)15-17-25)41-32(40-28)26-10-6-11-27(18-26)33-30(37)12-7-13-31(38)34-39/h3-6,8-11,14-18,22,28-29,32,36,39H,7,12-13,19-21H2,1-2H3,(H,33,37)(H,34,38)/t22-,28+,29-,32-/m0/s1. The normalized spacial score (nSPS) is 19.5. The van der Waals surface area contributed by atoms with Gasteiger partial charge in [-0.2, -0.15) is 0 Å². The van der Waals surface area contributed by atoms with Crippen LogP contribution in [-0.2, 0) is 25.7 Å². The molecule has 0 bridgehead atoms. The van der Waals surface area contributed by atoms with E-state index in [2.05, 4.69) is 36.3 Å². The molecule has 9 heteroatoms. The molecule has 41 heavy (non-hydrogen) atoms. The minimum absolute atomic E-state index is 0.0184. The summed E-state index contributed by atoms with van der Waals surface area (Å²) >= 11 is 0. The van der Waals surface area contributed by atoms with Crippen LogP contribution in [0.25, 0.3) is 0 Å². The Morgan fingerprint density at radius 2 is 1.68 bits per heavy atom. The maximum Gasteiger partial charge on any atom is 0.243 e. The summed E-state index contributed by atoms with van der Waals surface area (Å²) in [6.07, 6.45) is 0.202. The Morgan fingerprint density at radius 3 is 2.39 bits per heavy atom. The summed E-state index contributed by atoms with van der Waals surface area (Å²) in [5.74, 6) is -0.750. The van der Waals surface area contributed by atoms with Crippen LogP contribution in [0.4, 0.5) is 5.69 Å². The summed E-state index contributed by atoms with van der Waals surface area (Å²) in [6, 6.07) is 25.7. The third kappa shape index (κ3) is 8.69. The molecule has 0 unspecified atom stereocenters. The van der Waals surface area contributed by atoms with Crippen molar-refractivity contribution in [3.8, 4) is 0 Å². The first-order valence-electron chi connectivity index (χ1n) is 13.9. The van der Waals surface area contributed by atoms with Gasteiger partial charge in [-0.3, -0.25) is 19.7 Å². The van der Waals surface area contributed by atoms with E-state index in [9.17, 15) is 14.7 Å². The van der Waals surface area contributed by atoms with Gasteiger partial charge in [0.15, 0.2) is 6.29 Å². The van der Waals surface area contributed by atoms with E-state index in [-0.39, 0.29) is 43.6 Å². The van der Waals surface area contributed by atoms with E-state index in [4.69, 9.17) is 14.7 Å². The molecule has 4 atom stereocenters. The van der Waals surface area contributed by atoms with Crippen molar-refractivity contribution in [2.24, 2.45) is 0 Å². The van der Waals surface area contributed by atoms with Gasteiger partial charge in [0.25, 0.3) is 0 Å². The number of hydroxylamine groups is 1. The third-order valence-electron chi connectivity index (χ3n) is 7.42. The molecule has 1 saturated heterocycles. The Bertz CT molecular complexity index is 1270. The van der Waals surface area contributed by atoms with Crippen LogP contribution < -0.4 is 10.8 Å². The fourth-order valence-corrected chi connectivity index (χ4v) is 4.95. The zero-order valence-electron chi connectivity index (χ0n) is 23.5. The van der Waals surface area contributed by atoms with Crippen LogP contribution in [-0.4, -0.2) is 46.7 Å². The van der Waals surface area contributed by atoms with Gasteiger partial charge >= 0.3 is 0 Å². The Balaban J connectivity index is 1.49. The number of rotatable bonds is 12. The van der Waals surface area contributed by atoms with Crippen LogP contribution in [0.15, 0.2) is 78.9 Å². The average molecular weight is 562 g/mol. The van der Waals surface area contributed by atoms with Gasteiger partial charge in [0.1, 0.15) is 0 Å². The summed E-state index contributed by atoms with van der Waals surface area (Å²) in [7, 11) is 2.09. The predicted octanol–water partition coefficient (Wildman–Crippen LogP) is 5.03. The highest BCUT2D eigenvalue weighted by Crippen LogP contribution is 2.39.